The van der Waals surface area contributed by atoms with Gasteiger partial charge in [-0.2, -0.15) is 0 Å². The molecule has 2 aromatic heterocycles. The number of ether oxygens (including phenoxy) is 1. The van der Waals surface area contributed by atoms with Gasteiger partial charge in [0.25, 0.3) is 17.4 Å². The Bertz CT molecular complexity index is 1460. The van der Waals surface area contributed by atoms with Gasteiger partial charge in [0, 0.05) is 13.1 Å². The van der Waals surface area contributed by atoms with E-state index < -0.39 is 56.8 Å². The fourth-order valence-corrected chi connectivity index (χ4v) is 5.97. The second-order valence-electron chi connectivity index (χ2n) is 11.5. The van der Waals surface area contributed by atoms with Crippen molar-refractivity contribution in [2.24, 2.45) is 0 Å². The van der Waals surface area contributed by atoms with E-state index >= 15 is 0 Å². The van der Waals surface area contributed by atoms with Gasteiger partial charge >= 0.3 is 0 Å². The summed E-state index contributed by atoms with van der Waals surface area (Å²) in [7, 11) is -2.36. The topological polar surface area (TPSA) is 149 Å². The minimum atomic E-state index is -2.36. The van der Waals surface area contributed by atoms with Crippen LogP contribution in [0.4, 0.5) is 0 Å². The Morgan fingerprint density at radius 2 is 1.67 bits per heavy atom. The summed E-state index contributed by atoms with van der Waals surface area (Å²) in [5.41, 5.74) is 0.538. The van der Waals surface area contributed by atoms with Crippen molar-refractivity contribution in [2.45, 2.75) is 70.0 Å². The molecule has 12 nitrogen and oxygen atoms in total. The number of carbonyl (C=O) groups excluding carboxylic acids is 2. The molecule has 2 aliphatic heterocycles. The Balaban J connectivity index is 1.41. The maximum absolute atomic E-state index is 13.3. The Morgan fingerprint density at radius 3 is 2.26 bits per heavy atom. The van der Waals surface area contributed by atoms with E-state index in [0.717, 1.165) is 4.90 Å². The number of aliphatic hydroxyl groups is 2. The number of benzene rings is 1. The summed E-state index contributed by atoms with van der Waals surface area (Å²) in [6, 6.07) is 6.61. The van der Waals surface area contributed by atoms with Crippen molar-refractivity contribution < 1.29 is 29.0 Å². The molecule has 208 valence electrons. The molecule has 13 heteroatoms. The quantitative estimate of drug-likeness (QED) is 0.327. The molecule has 5 rings (SSSR count). The van der Waals surface area contributed by atoms with Gasteiger partial charge in [-0.1, -0.05) is 32.9 Å². The Hall–Kier alpha value is -3.23. The number of hydrogen-bond acceptors (Lipinski definition) is 9. The van der Waals surface area contributed by atoms with Crippen LogP contribution in [0, 0.1) is 0 Å². The maximum Gasteiger partial charge on any atom is 0.281 e. The number of rotatable bonds is 7. The first-order valence-corrected chi connectivity index (χ1v) is 15.8. The summed E-state index contributed by atoms with van der Waals surface area (Å²) in [5.74, 6) is -0.796. The first kappa shape index (κ1) is 27.3. The van der Waals surface area contributed by atoms with Gasteiger partial charge in [0.1, 0.15) is 24.6 Å². The molecular formula is C26H33N5O7Si. The zero-order valence-electron chi connectivity index (χ0n) is 22.6. The highest BCUT2D eigenvalue weighted by atomic mass is 28.4. The minimum Gasteiger partial charge on any atom is -0.407 e. The minimum absolute atomic E-state index is 0.00130. The summed E-state index contributed by atoms with van der Waals surface area (Å²) >= 11 is 0. The predicted octanol–water partition coefficient (Wildman–Crippen LogP) is 1.53. The van der Waals surface area contributed by atoms with Gasteiger partial charge in [-0.05, 0) is 30.3 Å². The molecule has 2 N–H and O–H groups in total. The Morgan fingerprint density at radius 1 is 1.03 bits per heavy atom. The SMILES string of the molecule is CC(C)(C)[Si](C)(C)O[C@@H]1[C@H](O)[C@@H](CO)O[C@H]1n1cnc2c(=O)n(CCN3C(=O)c4ccccc4C3=O)cnc21. The third kappa shape index (κ3) is 4.53. The van der Waals surface area contributed by atoms with Crippen LogP contribution in [0.2, 0.25) is 18.1 Å². The molecule has 3 aromatic rings. The molecule has 2 amide bonds. The third-order valence-corrected chi connectivity index (χ3v) is 12.5. The monoisotopic (exact) mass is 555 g/mol. The number of nitrogens with zero attached hydrogens (tertiary/aromatic N) is 5. The van der Waals surface area contributed by atoms with Crippen molar-refractivity contribution in [3.63, 3.8) is 0 Å². The molecule has 1 fully saturated rings. The molecule has 1 aromatic carbocycles. The highest BCUT2D eigenvalue weighted by Crippen LogP contribution is 2.42. The van der Waals surface area contributed by atoms with Crippen molar-refractivity contribution >= 4 is 31.3 Å². The van der Waals surface area contributed by atoms with Crippen LogP contribution in [-0.4, -0.2) is 85.8 Å². The number of aliphatic hydroxyl groups excluding tert-OH is 2. The first-order chi connectivity index (χ1) is 18.4. The van der Waals surface area contributed by atoms with E-state index in [0.29, 0.717) is 11.1 Å². The normalized spacial score (nSPS) is 23.7. The third-order valence-electron chi connectivity index (χ3n) is 8.00. The molecule has 4 heterocycles. The fraction of sp³-hybridized carbons (Fsp3) is 0.500. The average molecular weight is 556 g/mol. The lowest BCUT2D eigenvalue weighted by Gasteiger charge is -2.40. The lowest BCUT2D eigenvalue weighted by atomic mass is 10.1. The Labute approximate surface area is 225 Å². The number of carbonyl (C=O) groups is 2. The summed E-state index contributed by atoms with van der Waals surface area (Å²) in [6.45, 7) is 10.00. The predicted molar refractivity (Wildman–Crippen MR) is 143 cm³/mol. The lowest BCUT2D eigenvalue weighted by Crippen LogP contribution is -2.48. The molecule has 0 aliphatic carbocycles. The zero-order valence-corrected chi connectivity index (χ0v) is 23.6. The molecule has 4 atom stereocenters. The van der Waals surface area contributed by atoms with Crippen molar-refractivity contribution in [1.82, 2.24) is 24.0 Å². The standard InChI is InChI=1S/C26H33N5O7Si/c1-26(2,3)39(4,5)38-20-19(33)17(12-32)37-25(20)31-14-27-18-21(31)28-13-29(24(18)36)10-11-30-22(34)15-8-6-7-9-16(15)23(30)35/h6-9,13-14,17,19-20,25,32-33H,10-12H2,1-5H3/t17-,19-,20-,25-/m1/s1. The lowest BCUT2D eigenvalue weighted by molar-refractivity contribution is -0.0497. The van der Waals surface area contributed by atoms with Crippen LogP contribution in [-0.2, 0) is 15.7 Å². The molecule has 1 saturated heterocycles. The van der Waals surface area contributed by atoms with Crippen LogP contribution in [0.1, 0.15) is 47.7 Å². The Kier molecular flexibility index (Phi) is 6.83. The second kappa shape index (κ2) is 9.75. The van der Waals surface area contributed by atoms with Gasteiger partial charge in [0.05, 0.1) is 24.1 Å². The van der Waals surface area contributed by atoms with E-state index in [1.807, 2.05) is 0 Å². The van der Waals surface area contributed by atoms with Crippen LogP contribution in [0.5, 0.6) is 0 Å². The number of amides is 2. The first-order valence-electron chi connectivity index (χ1n) is 12.8. The maximum atomic E-state index is 13.3. The van der Waals surface area contributed by atoms with Gasteiger partial charge in [0.2, 0.25) is 0 Å². The highest BCUT2D eigenvalue weighted by molar-refractivity contribution is 6.74. The number of hydrogen-bond donors (Lipinski definition) is 2. The zero-order chi connectivity index (χ0) is 28.3. The molecular weight excluding hydrogens is 522 g/mol. The van der Waals surface area contributed by atoms with Gasteiger partial charge < -0.3 is 19.4 Å². The smallest absolute Gasteiger partial charge is 0.281 e. The van der Waals surface area contributed by atoms with Gasteiger partial charge in [-0.15, -0.1) is 0 Å². The van der Waals surface area contributed by atoms with Crippen molar-refractivity contribution in [2.75, 3.05) is 13.2 Å². The highest BCUT2D eigenvalue weighted by Gasteiger charge is 2.50. The van der Waals surface area contributed by atoms with E-state index in [1.54, 1.807) is 28.8 Å². The molecule has 2 aliphatic rings. The van der Waals surface area contributed by atoms with Crippen LogP contribution >= 0.6 is 0 Å². The van der Waals surface area contributed by atoms with E-state index in [1.165, 1.54) is 17.2 Å². The second-order valence-corrected chi connectivity index (χ2v) is 16.2. The van der Waals surface area contributed by atoms with Crippen molar-refractivity contribution in [3.05, 3.63) is 58.4 Å². The number of fused-ring (bicyclic) bond motifs is 2. The number of imide groups is 1. The van der Waals surface area contributed by atoms with Crippen LogP contribution < -0.4 is 5.56 Å². The molecule has 0 bridgehead atoms. The van der Waals surface area contributed by atoms with Crippen LogP contribution in [0.15, 0.2) is 41.7 Å². The molecule has 0 unspecified atom stereocenters. The van der Waals surface area contributed by atoms with Crippen molar-refractivity contribution in [3.8, 4) is 0 Å². The van der Waals surface area contributed by atoms with Crippen LogP contribution in [0.25, 0.3) is 11.2 Å². The number of aromatic nitrogens is 4. The molecule has 39 heavy (non-hydrogen) atoms. The van der Waals surface area contributed by atoms with Crippen LogP contribution in [0.3, 0.4) is 0 Å². The van der Waals surface area contributed by atoms with E-state index in [-0.39, 0.29) is 29.3 Å². The van der Waals surface area contributed by atoms with E-state index in [9.17, 15) is 24.6 Å². The molecule has 0 saturated carbocycles. The van der Waals surface area contributed by atoms with E-state index in [2.05, 4.69) is 43.8 Å². The number of imidazole rings is 1. The summed E-state index contributed by atoms with van der Waals surface area (Å²) in [4.78, 5) is 48.4. The van der Waals surface area contributed by atoms with Crippen molar-refractivity contribution in [1.29, 1.82) is 0 Å². The fourth-order valence-electron chi connectivity index (χ4n) is 4.68. The molecule has 0 spiro atoms. The summed E-state index contributed by atoms with van der Waals surface area (Å²) < 4.78 is 15.3. The molecule has 0 radical (unpaired) electrons. The van der Waals surface area contributed by atoms with Gasteiger partial charge in [-0.3, -0.25) is 28.4 Å². The van der Waals surface area contributed by atoms with E-state index in [4.69, 9.17) is 9.16 Å². The summed E-state index contributed by atoms with van der Waals surface area (Å²) in [6.07, 6.45) is -0.892. The summed E-state index contributed by atoms with van der Waals surface area (Å²) in [5, 5.41) is 20.6. The largest absolute Gasteiger partial charge is 0.407 e. The van der Waals surface area contributed by atoms with Gasteiger partial charge in [0.15, 0.2) is 25.7 Å². The van der Waals surface area contributed by atoms with Gasteiger partial charge in [-0.25, -0.2) is 9.97 Å². The average Bonchev–Trinajstić information content (AvgIpc) is 3.52.